The molecule has 3 rings (SSSR count). The normalized spacial score (nSPS) is 21.9. The molecule has 1 aliphatic heterocycles. The molecule has 1 aromatic rings. The van der Waals surface area contributed by atoms with E-state index in [-0.39, 0.29) is 12.5 Å². The van der Waals surface area contributed by atoms with Gasteiger partial charge in [0.2, 0.25) is 16.8 Å². The van der Waals surface area contributed by atoms with Crippen LogP contribution in [-0.2, 0) is 14.8 Å². The molecule has 8 nitrogen and oxygen atoms in total. The first-order valence-electron chi connectivity index (χ1n) is 9.02. The van der Waals surface area contributed by atoms with Crippen molar-refractivity contribution >= 4 is 21.9 Å². The van der Waals surface area contributed by atoms with Crippen LogP contribution in [0.25, 0.3) is 0 Å². The van der Waals surface area contributed by atoms with Crippen molar-refractivity contribution in [1.82, 2.24) is 9.62 Å². The third-order valence-corrected chi connectivity index (χ3v) is 6.97. The maximum atomic E-state index is 12.7. The summed E-state index contributed by atoms with van der Waals surface area (Å²) in [5.41, 5.74) is 0. The van der Waals surface area contributed by atoms with E-state index in [1.54, 1.807) is 0 Å². The first kappa shape index (κ1) is 18.9. The molecule has 2 heterocycles. The Balaban J connectivity index is 1.64. The highest BCUT2D eigenvalue weighted by Gasteiger charge is 2.41. The Labute approximate surface area is 152 Å². The molecule has 0 bridgehead atoms. The fourth-order valence-electron chi connectivity index (χ4n) is 3.80. The topological polar surface area (TPSA) is 117 Å². The van der Waals surface area contributed by atoms with E-state index in [0.29, 0.717) is 25.3 Å². The van der Waals surface area contributed by atoms with Gasteiger partial charge in [-0.1, -0.05) is 25.7 Å². The summed E-state index contributed by atoms with van der Waals surface area (Å²) in [6, 6.07) is 1.44. The first-order valence-corrected chi connectivity index (χ1v) is 10.5. The van der Waals surface area contributed by atoms with Gasteiger partial charge in [-0.3, -0.25) is 4.79 Å². The Morgan fingerprint density at radius 3 is 2.58 bits per heavy atom. The number of nitrogens with one attached hydrogen (secondary N) is 1. The molecule has 1 saturated heterocycles. The molecule has 2 N–H and O–H groups in total. The van der Waals surface area contributed by atoms with Gasteiger partial charge in [-0.05, 0) is 37.3 Å². The number of furan rings is 1. The van der Waals surface area contributed by atoms with E-state index in [2.05, 4.69) is 5.32 Å². The number of amides is 1. The molecule has 144 valence electrons. The van der Waals surface area contributed by atoms with Crippen molar-refractivity contribution in [2.75, 3.05) is 13.1 Å². The molecule has 0 spiro atoms. The van der Waals surface area contributed by atoms with Gasteiger partial charge >= 0.3 is 5.97 Å². The first-order chi connectivity index (χ1) is 12.4. The summed E-state index contributed by atoms with van der Waals surface area (Å²) < 4.78 is 31.5. The molecular formula is C17H24N2O6S. The second-order valence-electron chi connectivity index (χ2n) is 6.93. The zero-order valence-corrected chi connectivity index (χ0v) is 15.3. The lowest BCUT2D eigenvalue weighted by Crippen LogP contribution is -2.46. The Bertz CT molecular complexity index is 766. The van der Waals surface area contributed by atoms with Crippen LogP contribution in [0.2, 0.25) is 0 Å². The van der Waals surface area contributed by atoms with Crippen molar-refractivity contribution in [1.29, 1.82) is 0 Å². The number of rotatable bonds is 7. The minimum Gasteiger partial charge on any atom is -0.475 e. The Hall–Kier alpha value is -1.87. The molecule has 1 amide bonds. The predicted molar refractivity (Wildman–Crippen MR) is 92.2 cm³/mol. The van der Waals surface area contributed by atoms with Crippen LogP contribution in [-0.4, -0.2) is 48.8 Å². The zero-order chi connectivity index (χ0) is 18.7. The number of sulfonamides is 1. The molecule has 1 atom stereocenters. The number of nitrogens with zero attached hydrogens (tertiary/aromatic N) is 1. The summed E-state index contributed by atoms with van der Waals surface area (Å²) in [7, 11) is -4.04. The lowest BCUT2D eigenvalue weighted by Gasteiger charge is -2.22. The number of carbonyl (C=O) groups is 2. The smallest absolute Gasteiger partial charge is 0.371 e. The van der Waals surface area contributed by atoms with Gasteiger partial charge < -0.3 is 14.8 Å². The average Bonchev–Trinajstić information content (AvgIpc) is 3.34. The van der Waals surface area contributed by atoms with Crippen LogP contribution in [0.3, 0.4) is 0 Å². The number of carboxylic acids is 1. The molecule has 0 radical (unpaired) electrons. The minimum absolute atomic E-state index is 0.214. The van der Waals surface area contributed by atoms with E-state index < -0.39 is 32.9 Å². The van der Waals surface area contributed by atoms with Crippen molar-refractivity contribution in [3.8, 4) is 0 Å². The van der Waals surface area contributed by atoms with Gasteiger partial charge in [0.25, 0.3) is 10.0 Å². The van der Waals surface area contributed by atoms with Crippen molar-refractivity contribution in [3.05, 3.63) is 17.9 Å². The Kier molecular flexibility index (Phi) is 5.67. The van der Waals surface area contributed by atoms with Crippen LogP contribution < -0.4 is 5.32 Å². The Morgan fingerprint density at radius 1 is 1.19 bits per heavy atom. The summed E-state index contributed by atoms with van der Waals surface area (Å²) in [6.45, 7) is 0.768. The van der Waals surface area contributed by atoms with E-state index in [4.69, 9.17) is 9.52 Å². The van der Waals surface area contributed by atoms with Crippen LogP contribution in [0.1, 0.15) is 55.5 Å². The van der Waals surface area contributed by atoms with Crippen molar-refractivity contribution < 1.29 is 27.5 Å². The summed E-state index contributed by atoms with van der Waals surface area (Å²) in [5, 5.41) is 11.3. The number of carboxylic acid groups (broad SMARTS) is 1. The maximum absolute atomic E-state index is 12.7. The molecular weight excluding hydrogens is 360 g/mol. The molecule has 9 heteroatoms. The van der Waals surface area contributed by atoms with Crippen LogP contribution in [0, 0.1) is 5.92 Å². The fourth-order valence-corrected chi connectivity index (χ4v) is 5.37. The van der Waals surface area contributed by atoms with Gasteiger partial charge in [0, 0.05) is 13.1 Å². The van der Waals surface area contributed by atoms with E-state index >= 15 is 0 Å². The summed E-state index contributed by atoms with van der Waals surface area (Å²) >= 11 is 0. The molecule has 1 aliphatic carbocycles. The molecule has 1 unspecified atom stereocenters. The van der Waals surface area contributed by atoms with Gasteiger partial charge in [-0.15, -0.1) is 0 Å². The summed E-state index contributed by atoms with van der Waals surface area (Å²) in [5.74, 6) is -1.43. The lowest BCUT2D eigenvalue weighted by molar-refractivity contribution is -0.124. The van der Waals surface area contributed by atoms with Crippen molar-refractivity contribution in [2.24, 2.45) is 5.92 Å². The van der Waals surface area contributed by atoms with Crippen molar-refractivity contribution in [3.63, 3.8) is 0 Å². The van der Waals surface area contributed by atoms with Gasteiger partial charge in [0.05, 0.1) is 0 Å². The number of hydrogen-bond acceptors (Lipinski definition) is 5. The lowest BCUT2D eigenvalue weighted by atomic mass is 10.0. The Morgan fingerprint density at radius 2 is 1.92 bits per heavy atom. The van der Waals surface area contributed by atoms with E-state index in [9.17, 15) is 18.0 Å². The number of hydrogen-bond donors (Lipinski definition) is 2. The van der Waals surface area contributed by atoms with Gasteiger partial charge in [0.1, 0.15) is 6.04 Å². The standard InChI is InChI=1S/C17H24N2O6S/c20-16(18-10-9-12-4-1-2-5-12)13-6-3-11-19(13)26(23,24)15-8-7-14(25-15)17(21)22/h7-8,12-13H,1-6,9-11H2,(H,18,20)(H,21,22). The molecule has 26 heavy (non-hydrogen) atoms. The average molecular weight is 384 g/mol. The zero-order valence-electron chi connectivity index (χ0n) is 14.5. The van der Waals surface area contributed by atoms with Gasteiger partial charge in [0.15, 0.2) is 0 Å². The van der Waals surface area contributed by atoms with E-state index in [1.807, 2.05) is 0 Å². The second-order valence-corrected chi connectivity index (χ2v) is 8.75. The highest BCUT2D eigenvalue weighted by atomic mass is 32.2. The van der Waals surface area contributed by atoms with Gasteiger partial charge in [-0.25, -0.2) is 13.2 Å². The SMILES string of the molecule is O=C(O)c1ccc(S(=O)(=O)N2CCCC2C(=O)NCCC2CCCC2)o1. The monoisotopic (exact) mass is 384 g/mol. The highest BCUT2D eigenvalue weighted by Crippen LogP contribution is 2.28. The van der Waals surface area contributed by atoms with Crippen LogP contribution in [0.4, 0.5) is 0 Å². The number of aromatic carboxylic acids is 1. The maximum Gasteiger partial charge on any atom is 0.371 e. The molecule has 0 aromatic carbocycles. The quantitative estimate of drug-likeness (QED) is 0.741. The third-order valence-electron chi connectivity index (χ3n) is 5.19. The molecule has 2 fully saturated rings. The third kappa shape index (κ3) is 3.93. The highest BCUT2D eigenvalue weighted by molar-refractivity contribution is 7.89. The molecule has 2 aliphatic rings. The van der Waals surface area contributed by atoms with Crippen molar-refractivity contribution in [2.45, 2.75) is 56.1 Å². The molecule has 1 saturated carbocycles. The minimum atomic E-state index is -4.04. The van der Waals surface area contributed by atoms with E-state index in [0.717, 1.165) is 22.9 Å². The second kappa shape index (κ2) is 7.79. The molecule has 1 aromatic heterocycles. The van der Waals surface area contributed by atoms with E-state index in [1.165, 1.54) is 25.7 Å². The largest absolute Gasteiger partial charge is 0.475 e. The summed E-state index contributed by atoms with van der Waals surface area (Å²) in [4.78, 5) is 23.4. The van der Waals surface area contributed by atoms with Crippen LogP contribution in [0.5, 0.6) is 0 Å². The van der Waals surface area contributed by atoms with Crippen LogP contribution >= 0.6 is 0 Å². The summed E-state index contributed by atoms with van der Waals surface area (Å²) in [6.07, 6.45) is 6.83. The number of carbonyl (C=O) groups excluding carboxylic acids is 1. The van der Waals surface area contributed by atoms with Crippen LogP contribution in [0.15, 0.2) is 21.6 Å². The fraction of sp³-hybridized carbons (Fsp3) is 0.647. The predicted octanol–water partition coefficient (Wildman–Crippen LogP) is 1.83. The van der Waals surface area contributed by atoms with Gasteiger partial charge in [-0.2, -0.15) is 4.31 Å².